The molecule has 0 unspecified atom stereocenters. The average molecular weight is 264 g/mol. The highest BCUT2D eigenvalue weighted by molar-refractivity contribution is 9.09. The van der Waals surface area contributed by atoms with Crippen molar-refractivity contribution in [1.82, 2.24) is 0 Å². The van der Waals surface area contributed by atoms with Crippen molar-refractivity contribution in [3.63, 3.8) is 0 Å². The smallest absolute Gasteiger partial charge is 0.0293 e. The molecular formula is C5H9Br2Cl. The zero-order valence-corrected chi connectivity index (χ0v) is 8.68. The van der Waals surface area contributed by atoms with Gasteiger partial charge in [0.15, 0.2) is 0 Å². The second kappa shape index (κ2) is 4.13. The van der Waals surface area contributed by atoms with E-state index in [1.54, 1.807) is 0 Å². The summed E-state index contributed by atoms with van der Waals surface area (Å²) in [6, 6.07) is 0. The molecule has 0 N–H and O–H groups in total. The number of halogens is 3. The van der Waals surface area contributed by atoms with Crippen molar-refractivity contribution in [3.05, 3.63) is 0 Å². The van der Waals surface area contributed by atoms with Crippen LogP contribution >= 0.6 is 43.5 Å². The van der Waals surface area contributed by atoms with E-state index < -0.39 is 0 Å². The van der Waals surface area contributed by atoms with E-state index in [0.29, 0.717) is 5.88 Å². The average Bonchev–Trinajstić information content (AvgIpc) is 1.87. The minimum absolute atomic E-state index is 0.224. The summed E-state index contributed by atoms with van der Waals surface area (Å²) < 4.78 is 0. The van der Waals surface area contributed by atoms with Gasteiger partial charge in [0.05, 0.1) is 0 Å². The molecule has 0 rings (SSSR count). The van der Waals surface area contributed by atoms with Crippen LogP contribution in [0.15, 0.2) is 0 Å². The van der Waals surface area contributed by atoms with Crippen LogP contribution in [0.1, 0.15) is 6.92 Å². The highest BCUT2D eigenvalue weighted by Gasteiger charge is 2.19. The van der Waals surface area contributed by atoms with Crippen molar-refractivity contribution >= 4 is 43.5 Å². The molecule has 0 aliphatic heterocycles. The molecule has 0 aromatic heterocycles. The second-order valence-electron chi connectivity index (χ2n) is 2.21. The summed E-state index contributed by atoms with van der Waals surface area (Å²) in [4.78, 5) is 0. The highest BCUT2D eigenvalue weighted by Crippen LogP contribution is 2.23. The Morgan fingerprint density at radius 3 is 1.75 bits per heavy atom. The van der Waals surface area contributed by atoms with Gasteiger partial charge in [-0.3, -0.25) is 0 Å². The van der Waals surface area contributed by atoms with Crippen LogP contribution in [0.3, 0.4) is 0 Å². The summed E-state index contributed by atoms with van der Waals surface area (Å²) in [6.45, 7) is 2.13. The Hall–Kier alpha value is 1.25. The molecule has 50 valence electrons. The molecule has 0 aliphatic carbocycles. The highest BCUT2D eigenvalue weighted by atomic mass is 79.9. The Kier molecular flexibility index (Phi) is 4.77. The lowest BCUT2D eigenvalue weighted by Gasteiger charge is -2.19. The molecule has 0 nitrogen and oxygen atoms in total. The van der Waals surface area contributed by atoms with Crippen molar-refractivity contribution in [2.75, 3.05) is 16.5 Å². The van der Waals surface area contributed by atoms with Gasteiger partial charge in [-0.05, 0) is 0 Å². The van der Waals surface area contributed by atoms with Crippen molar-refractivity contribution in [2.24, 2.45) is 5.41 Å². The zero-order valence-electron chi connectivity index (χ0n) is 4.76. The van der Waals surface area contributed by atoms with Crippen molar-refractivity contribution in [3.8, 4) is 0 Å². The first-order valence-corrected chi connectivity index (χ1v) is 5.14. The van der Waals surface area contributed by atoms with Crippen molar-refractivity contribution < 1.29 is 0 Å². The summed E-state index contributed by atoms with van der Waals surface area (Å²) in [5.41, 5.74) is 0.224. The number of hydrogen-bond donors (Lipinski definition) is 0. The number of hydrogen-bond acceptors (Lipinski definition) is 0. The van der Waals surface area contributed by atoms with E-state index in [1.165, 1.54) is 0 Å². The van der Waals surface area contributed by atoms with Crippen molar-refractivity contribution in [2.45, 2.75) is 6.92 Å². The summed E-state index contributed by atoms with van der Waals surface area (Å²) in [5, 5.41) is 1.91. The fourth-order valence-corrected chi connectivity index (χ4v) is 2.08. The fourth-order valence-electron chi connectivity index (χ4n) is 0.107. The SMILES string of the molecule is CC(CCl)(CBr)CBr. The van der Waals surface area contributed by atoms with Gasteiger partial charge in [0.1, 0.15) is 0 Å². The maximum Gasteiger partial charge on any atom is 0.0293 e. The van der Waals surface area contributed by atoms with Crippen LogP contribution in [-0.2, 0) is 0 Å². The van der Waals surface area contributed by atoms with Crippen LogP contribution in [0.4, 0.5) is 0 Å². The van der Waals surface area contributed by atoms with E-state index in [-0.39, 0.29) is 5.41 Å². The first-order valence-electron chi connectivity index (χ1n) is 2.36. The fraction of sp³-hybridized carbons (Fsp3) is 1.00. The lowest BCUT2D eigenvalue weighted by atomic mass is 10.0. The first-order chi connectivity index (χ1) is 3.68. The molecule has 8 heavy (non-hydrogen) atoms. The quantitative estimate of drug-likeness (QED) is 0.687. The third kappa shape index (κ3) is 2.70. The van der Waals surface area contributed by atoms with Crippen LogP contribution in [0.2, 0.25) is 0 Å². The Balaban J connectivity index is 3.58. The Morgan fingerprint density at radius 1 is 1.38 bits per heavy atom. The van der Waals surface area contributed by atoms with Gasteiger partial charge in [0, 0.05) is 22.0 Å². The van der Waals surface area contributed by atoms with Crippen LogP contribution in [0.5, 0.6) is 0 Å². The molecule has 0 saturated heterocycles. The molecule has 0 saturated carbocycles. The van der Waals surface area contributed by atoms with E-state index in [2.05, 4.69) is 38.8 Å². The lowest BCUT2D eigenvalue weighted by molar-refractivity contribution is 0.508. The summed E-state index contributed by atoms with van der Waals surface area (Å²) in [5.74, 6) is 0.698. The second-order valence-corrected chi connectivity index (χ2v) is 3.60. The van der Waals surface area contributed by atoms with E-state index in [9.17, 15) is 0 Å². The topological polar surface area (TPSA) is 0 Å². The van der Waals surface area contributed by atoms with Gasteiger partial charge in [-0.25, -0.2) is 0 Å². The van der Waals surface area contributed by atoms with E-state index in [0.717, 1.165) is 10.7 Å². The zero-order chi connectivity index (χ0) is 6.62. The normalized spacial score (nSPS) is 12.0. The predicted molar refractivity (Wildman–Crippen MR) is 46.4 cm³/mol. The molecule has 0 heterocycles. The molecule has 0 aliphatic rings. The van der Waals surface area contributed by atoms with Gasteiger partial charge in [0.25, 0.3) is 0 Å². The summed E-state index contributed by atoms with van der Waals surface area (Å²) in [7, 11) is 0. The van der Waals surface area contributed by atoms with E-state index >= 15 is 0 Å². The molecule has 0 radical (unpaired) electrons. The van der Waals surface area contributed by atoms with Gasteiger partial charge >= 0.3 is 0 Å². The molecular weight excluding hydrogens is 255 g/mol. The maximum absolute atomic E-state index is 5.65. The van der Waals surface area contributed by atoms with Crippen LogP contribution in [0.25, 0.3) is 0 Å². The molecule has 3 heteroatoms. The van der Waals surface area contributed by atoms with Crippen LogP contribution in [0, 0.1) is 5.41 Å². The maximum atomic E-state index is 5.65. The third-order valence-corrected chi connectivity index (χ3v) is 4.32. The molecule has 0 bridgehead atoms. The molecule has 0 fully saturated rings. The van der Waals surface area contributed by atoms with Gasteiger partial charge in [-0.2, -0.15) is 0 Å². The molecule has 0 spiro atoms. The molecule has 0 amide bonds. The van der Waals surface area contributed by atoms with Gasteiger partial charge in [-0.15, -0.1) is 11.6 Å². The van der Waals surface area contributed by atoms with Gasteiger partial charge in [-0.1, -0.05) is 38.8 Å². The largest absolute Gasteiger partial charge is 0.126 e. The Morgan fingerprint density at radius 2 is 1.75 bits per heavy atom. The number of rotatable bonds is 3. The monoisotopic (exact) mass is 262 g/mol. The summed E-state index contributed by atoms with van der Waals surface area (Å²) in [6.07, 6.45) is 0. The Bertz CT molecular complexity index is 53.2. The standard InChI is InChI=1S/C5H9Br2Cl/c1-5(2-6,3-7)4-8/h2-4H2,1H3. The van der Waals surface area contributed by atoms with Gasteiger partial charge < -0.3 is 0 Å². The first kappa shape index (κ1) is 9.25. The van der Waals surface area contributed by atoms with Crippen LogP contribution in [-0.4, -0.2) is 16.5 Å². The Labute approximate surface area is 72.2 Å². The molecule has 0 atom stereocenters. The lowest BCUT2D eigenvalue weighted by Crippen LogP contribution is -2.21. The van der Waals surface area contributed by atoms with Gasteiger partial charge in [0.2, 0.25) is 0 Å². The minimum Gasteiger partial charge on any atom is -0.126 e. The summed E-state index contributed by atoms with van der Waals surface area (Å²) >= 11 is 12.4. The third-order valence-electron chi connectivity index (χ3n) is 0.968. The minimum atomic E-state index is 0.224. The number of alkyl halides is 3. The molecule has 0 aromatic rings. The van der Waals surface area contributed by atoms with Crippen molar-refractivity contribution in [1.29, 1.82) is 0 Å². The predicted octanol–water partition coefficient (Wildman–Crippen LogP) is 3.02. The van der Waals surface area contributed by atoms with E-state index in [1.807, 2.05) is 0 Å². The molecule has 0 aromatic carbocycles. The van der Waals surface area contributed by atoms with Crippen LogP contribution < -0.4 is 0 Å². The van der Waals surface area contributed by atoms with E-state index in [4.69, 9.17) is 11.6 Å².